The number of hydrogen-bond donors (Lipinski definition) is 1. The number of alkyl halides is 3. The van der Waals surface area contributed by atoms with E-state index in [9.17, 15) is 13.2 Å². The predicted octanol–water partition coefficient (Wildman–Crippen LogP) is 5.83. The molecule has 0 aliphatic carbocycles. The Labute approximate surface area is 130 Å². The van der Waals surface area contributed by atoms with E-state index in [1.54, 1.807) is 12.1 Å². The van der Waals surface area contributed by atoms with Gasteiger partial charge in [0.25, 0.3) is 0 Å². The maximum atomic E-state index is 13.0. The van der Waals surface area contributed by atoms with Crippen LogP contribution in [0.1, 0.15) is 26.3 Å². The molecule has 0 atom stereocenters. The predicted molar refractivity (Wildman–Crippen MR) is 83.5 cm³/mol. The van der Waals surface area contributed by atoms with Crippen molar-refractivity contribution in [1.82, 2.24) is 4.72 Å². The molecule has 0 fully saturated rings. The van der Waals surface area contributed by atoms with Crippen LogP contribution >= 0.6 is 23.3 Å². The summed E-state index contributed by atoms with van der Waals surface area (Å²) < 4.78 is 43.3. The first kappa shape index (κ1) is 16.4. The maximum Gasteiger partial charge on any atom is 0.417 e. The summed E-state index contributed by atoms with van der Waals surface area (Å²) in [5.41, 5.74) is -0.414. The molecule has 0 aliphatic heterocycles. The average Bonchev–Trinajstić information content (AvgIpc) is 2.83. The molecule has 2 rings (SSSR count). The molecule has 21 heavy (non-hydrogen) atoms. The first-order chi connectivity index (χ1) is 9.67. The van der Waals surface area contributed by atoms with E-state index in [1.807, 2.05) is 26.8 Å². The molecule has 2 aromatic rings. The van der Waals surface area contributed by atoms with Crippen LogP contribution in [0.2, 0.25) is 0 Å². The van der Waals surface area contributed by atoms with E-state index in [4.69, 9.17) is 0 Å². The van der Waals surface area contributed by atoms with Gasteiger partial charge in [-0.2, -0.15) is 13.2 Å². The van der Waals surface area contributed by atoms with Gasteiger partial charge in [-0.15, -0.1) is 11.3 Å². The van der Waals surface area contributed by atoms with Crippen molar-refractivity contribution in [2.24, 2.45) is 0 Å². The Morgan fingerprint density at radius 3 is 2.29 bits per heavy atom. The van der Waals surface area contributed by atoms with Gasteiger partial charge in [0, 0.05) is 16.0 Å². The van der Waals surface area contributed by atoms with E-state index in [0.717, 1.165) is 10.3 Å². The summed E-state index contributed by atoms with van der Waals surface area (Å²) in [4.78, 5) is 0.626. The lowest BCUT2D eigenvalue weighted by Gasteiger charge is -2.18. The molecule has 0 unspecified atom stereocenters. The Balaban J connectivity index is 2.26. The molecule has 0 aliphatic rings. The monoisotopic (exact) mass is 331 g/mol. The van der Waals surface area contributed by atoms with Crippen molar-refractivity contribution in [2.45, 2.75) is 36.7 Å². The molecule has 1 heterocycles. The smallest absolute Gasteiger partial charge is 0.254 e. The number of rotatable bonds is 3. The molecule has 0 saturated heterocycles. The lowest BCUT2D eigenvalue weighted by molar-refractivity contribution is -0.137. The topological polar surface area (TPSA) is 12.0 Å². The SMILES string of the molecule is CC(C)(C)NSc1ccc(-c2ccccc2C(F)(F)F)s1. The van der Waals surface area contributed by atoms with Crippen LogP contribution in [-0.2, 0) is 6.18 Å². The molecule has 0 amide bonds. The van der Waals surface area contributed by atoms with E-state index in [2.05, 4.69) is 4.72 Å². The summed E-state index contributed by atoms with van der Waals surface area (Å²) in [7, 11) is 0. The minimum absolute atomic E-state index is 0.0568. The fourth-order valence-electron chi connectivity index (χ4n) is 1.67. The number of nitrogens with one attached hydrogen (secondary N) is 1. The number of halogens is 3. The summed E-state index contributed by atoms with van der Waals surface area (Å²) >= 11 is 2.80. The Morgan fingerprint density at radius 2 is 1.67 bits per heavy atom. The maximum absolute atomic E-state index is 13.0. The summed E-state index contributed by atoms with van der Waals surface area (Å²) in [5, 5.41) is 0. The molecule has 0 bridgehead atoms. The molecule has 114 valence electrons. The quantitative estimate of drug-likeness (QED) is 0.710. The van der Waals surface area contributed by atoms with Crippen molar-refractivity contribution in [2.75, 3.05) is 0 Å². The van der Waals surface area contributed by atoms with Crippen LogP contribution in [0.5, 0.6) is 0 Å². The molecular formula is C15H16F3NS2. The van der Waals surface area contributed by atoms with Gasteiger partial charge in [0.05, 0.1) is 9.77 Å². The van der Waals surface area contributed by atoms with E-state index in [0.29, 0.717) is 4.88 Å². The third-order valence-corrected chi connectivity index (χ3v) is 5.00. The molecule has 0 saturated carbocycles. The summed E-state index contributed by atoms with van der Waals surface area (Å²) in [5.74, 6) is 0. The molecular weight excluding hydrogens is 315 g/mol. The van der Waals surface area contributed by atoms with Gasteiger partial charge in [-0.3, -0.25) is 4.72 Å². The van der Waals surface area contributed by atoms with E-state index < -0.39 is 11.7 Å². The molecule has 0 radical (unpaired) electrons. The van der Waals surface area contributed by atoms with E-state index in [1.165, 1.54) is 35.4 Å². The number of thiophene rings is 1. The number of benzene rings is 1. The van der Waals surface area contributed by atoms with Crippen molar-refractivity contribution in [3.63, 3.8) is 0 Å². The third-order valence-electron chi connectivity index (χ3n) is 2.54. The minimum Gasteiger partial charge on any atom is -0.254 e. The zero-order valence-corrected chi connectivity index (χ0v) is 13.5. The molecule has 1 N–H and O–H groups in total. The van der Waals surface area contributed by atoms with Crippen molar-refractivity contribution < 1.29 is 13.2 Å². The fourth-order valence-corrected chi connectivity index (χ4v) is 3.55. The van der Waals surface area contributed by atoms with Gasteiger partial charge in [-0.25, -0.2) is 0 Å². The van der Waals surface area contributed by atoms with Crippen molar-refractivity contribution in [3.8, 4) is 10.4 Å². The highest BCUT2D eigenvalue weighted by molar-refractivity contribution is 7.99. The summed E-state index contributed by atoms with van der Waals surface area (Å²) in [6.07, 6.45) is -4.34. The van der Waals surface area contributed by atoms with Gasteiger partial charge >= 0.3 is 6.18 Å². The van der Waals surface area contributed by atoms with Crippen LogP contribution in [0.3, 0.4) is 0 Å². The van der Waals surface area contributed by atoms with Gasteiger partial charge < -0.3 is 0 Å². The molecule has 6 heteroatoms. The Hall–Kier alpha value is -0.980. The van der Waals surface area contributed by atoms with Crippen LogP contribution in [0.15, 0.2) is 40.6 Å². The summed E-state index contributed by atoms with van der Waals surface area (Å²) in [6, 6.07) is 9.26. The second-order valence-corrected chi connectivity index (χ2v) is 7.81. The minimum atomic E-state index is -4.34. The van der Waals surface area contributed by atoms with E-state index >= 15 is 0 Å². The average molecular weight is 331 g/mol. The van der Waals surface area contributed by atoms with Gasteiger partial charge in [0.2, 0.25) is 0 Å². The normalized spacial score (nSPS) is 12.7. The van der Waals surface area contributed by atoms with Crippen molar-refractivity contribution in [3.05, 3.63) is 42.0 Å². The van der Waals surface area contributed by atoms with Crippen molar-refractivity contribution >= 4 is 23.3 Å². The van der Waals surface area contributed by atoms with Gasteiger partial charge in [-0.05, 0) is 50.9 Å². The van der Waals surface area contributed by atoms with E-state index in [-0.39, 0.29) is 11.1 Å². The van der Waals surface area contributed by atoms with Gasteiger partial charge in [0.15, 0.2) is 0 Å². The molecule has 1 aromatic carbocycles. The van der Waals surface area contributed by atoms with Crippen LogP contribution in [-0.4, -0.2) is 5.54 Å². The zero-order chi connectivity index (χ0) is 15.7. The largest absolute Gasteiger partial charge is 0.417 e. The number of hydrogen-bond acceptors (Lipinski definition) is 3. The highest BCUT2D eigenvalue weighted by Crippen LogP contribution is 2.40. The fraction of sp³-hybridized carbons (Fsp3) is 0.333. The van der Waals surface area contributed by atoms with Gasteiger partial charge in [0.1, 0.15) is 0 Å². The summed E-state index contributed by atoms with van der Waals surface area (Å²) in [6.45, 7) is 6.11. The third kappa shape index (κ3) is 4.49. The lowest BCUT2D eigenvalue weighted by Crippen LogP contribution is -2.29. The standard InChI is InChI=1S/C15H16F3NS2/c1-14(2,3)19-21-13-9-8-12(20-13)10-6-4-5-7-11(10)15(16,17)18/h4-9,19H,1-3H3. The first-order valence-electron chi connectivity index (χ1n) is 6.37. The van der Waals surface area contributed by atoms with Crippen LogP contribution < -0.4 is 4.72 Å². The Kier molecular flexibility index (Phi) is 4.70. The van der Waals surface area contributed by atoms with Gasteiger partial charge in [-0.1, -0.05) is 18.2 Å². The Bertz CT molecular complexity index is 612. The second-order valence-electron chi connectivity index (χ2n) is 5.62. The second kappa shape index (κ2) is 6.02. The zero-order valence-electron chi connectivity index (χ0n) is 11.9. The lowest BCUT2D eigenvalue weighted by atomic mass is 10.1. The molecule has 0 spiro atoms. The molecule has 1 aromatic heterocycles. The Morgan fingerprint density at radius 1 is 1.00 bits per heavy atom. The van der Waals surface area contributed by atoms with Crippen molar-refractivity contribution in [1.29, 1.82) is 0 Å². The highest BCUT2D eigenvalue weighted by Gasteiger charge is 2.33. The van der Waals surface area contributed by atoms with Crippen LogP contribution in [0.25, 0.3) is 10.4 Å². The first-order valence-corrected chi connectivity index (χ1v) is 8.00. The molecule has 1 nitrogen and oxygen atoms in total. The highest BCUT2D eigenvalue weighted by atomic mass is 32.2. The van der Waals surface area contributed by atoms with Crippen LogP contribution in [0, 0.1) is 0 Å². The van der Waals surface area contributed by atoms with Crippen LogP contribution in [0.4, 0.5) is 13.2 Å².